The summed E-state index contributed by atoms with van der Waals surface area (Å²) in [5.74, 6) is 0.455. The minimum absolute atomic E-state index is 0.0341. The van der Waals surface area contributed by atoms with Crippen LogP contribution < -0.4 is 4.90 Å². The first-order valence-electron chi connectivity index (χ1n) is 8.18. The van der Waals surface area contributed by atoms with E-state index < -0.39 is 0 Å². The van der Waals surface area contributed by atoms with Crippen molar-refractivity contribution in [2.24, 2.45) is 29.1 Å². The standard InChI is InChI=1S/C19H19NO2/c1-10-3-4-11(2)14(9-10)20-17(21)15-12-5-6-13(16(15)18(20)22)19(12)7-8-19/h3-6,9,12-13,15-16H,7-8H2,1-2H3/t12-,13+,15+,16-. The Morgan fingerprint density at radius 2 is 1.59 bits per heavy atom. The van der Waals surface area contributed by atoms with Gasteiger partial charge in [0.05, 0.1) is 17.5 Å². The van der Waals surface area contributed by atoms with Crippen molar-refractivity contribution in [3.63, 3.8) is 0 Å². The number of nitrogens with zero attached hydrogens (tertiary/aromatic N) is 1. The van der Waals surface area contributed by atoms with Gasteiger partial charge in [0, 0.05) is 0 Å². The Labute approximate surface area is 130 Å². The number of benzene rings is 1. The van der Waals surface area contributed by atoms with Crippen molar-refractivity contribution < 1.29 is 9.59 Å². The molecule has 1 saturated heterocycles. The zero-order valence-corrected chi connectivity index (χ0v) is 12.9. The molecule has 3 aliphatic carbocycles. The van der Waals surface area contributed by atoms with E-state index in [4.69, 9.17) is 0 Å². The Morgan fingerprint density at radius 3 is 2.14 bits per heavy atom. The van der Waals surface area contributed by atoms with E-state index in [1.807, 2.05) is 32.0 Å². The van der Waals surface area contributed by atoms with Crippen LogP contribution in [0.3, 0.4) is 0 Å². The van der Waals surface area contributed by atoms with Gasteiger partial charge in [0.15, 0.2) is 0 Å². The fourth-order valence-electron chi connectivity index (χ4n) is 5.28. The van der Waals surface area contributed by atoms with Gasteiger partial charge in [0.25, 0.3) is 0 Å². The van der Waals surface area contributed by atoms with Crippen LogP contribution in [0.5, 0.6) is 0 Å². The molecule has 3 fully saturated rings. The van der Waals surface area contributed by atoms with Gasteiger partial charge in [-0.15, -0.1) is 0 Å². The molecule has 4 aliphatic rings. The number of aryl methyl sites for hydroxylation is 2. The fraction of sp³-hybridized carbons (Fsp3) is 0.474. The van der Waals surface area contributed by atoms with Crippen LogP contribution in [-0.4, -0.2) is 11.8 Å². The van der Waals surface area contributed by atoms with Crippen molar-refractivity contribution in [3.05, 3.63) is 41.5 Å². The molecule has 2 amide bonds. The van der Waals surface area contributed by atoms with E-state index >= 15 is 0 Å². The molecule has 1 aromatic carbocycles. The average Bonchev–Trinajstić information content (AvgIpc) is 3.08. The molecule has 5 rings (SSSR count). The SMILES string of the molecule is Cc1ccc(C)c(N2C(=O)[C@@H]3[C@H](C2=O)[C@@H]2C=C[C@H]3C23CC3)c1. The minimum atomic E-state index is -0.107. The molecule has 1 spiro atoms. The maximum Gasteiger partial charge on any atom is 0.238 e. The Hall–Kier alpha value is -1.90. The Bertz CT molecular complexity index is 725. The summed E-state index contributed by atoms with van der Waals surface area (Å²) in [5, 5.41) is 0. The van der Waals surface area contributed by atoms with E-state index in [1.165, 1.54) is 17.7 Å². The molecular formula is C19H19NO2. The summed E-state index contributed by atoms with van der Waals surface area (Å²) in [4.78, 5) is 27.6. The van der Waals surface area contributed by atoms with Crippen molar-refractivity contribution in [3.8, 4) is 0 Å². The maximum atomic E-state index is 13.0. The summed E-state index contributed by atoms with van der Waals surface area (Å²) in [6, 6.07) is 5.98. The summed E-state index contributed by atoms with van der Waals surface area (Å²) in [6.45, 7) is 3.97. The highest BCUT2D eigenvalue weighted by Gasteiger charge is 2.73. The second-order valence-electron chi connectivity index (χ2n) is 7.52. The van der Waals surface area contributed by atoms with Gasteiger partial charge >= 0.3 is 0 Å². The second kappa shape index (κ2) is 3.70. The Balaban J connectivity index is 1.61. The van der Waals surface area contributed by atoms with Crippen molar-refractivity contribution >= 4 is 17.5 Å². The lowest BCUT2D eigenvalue weighted by Crippen LogP contribution is -2.35. The number of amides is 2. The van der Waals surface area contributed by atoms with Crippen LogP contribution >= 0.6 is 0 Å². The molecule has 0 aromatic heterocycles. The largest absolute Gasteiger partial charge is 0.274 e. The van der Waals surface area contributed by atoms with E-state index in [9.17, 15) is 9.59 Å². The number of carbonyl (C=O) groups is 2. The highest BCUT2D eigenvalue weighted by atomic mass is 16.2. The third-order valence-corrected chi connectivity index (χ3v) is 6.46. The normalized spacial score (nSPS) is 36.5. The van der Waals surface area contributed by atoms with Crippen molar-refractivity contribution in [1.82, 2.24) is 0 Å². The van der Waals surface area contributed by atoms with E-state index in [0.29, 0.717) is 11.8 Å². The van der Waals surface area contributed by atoms with Crippen LogP contribution in [0.25, 0.3) is 0 Å². The van der Waals surface area contributed by atoms with Gasteiger partial charge in [-0.1, -0.05) is 24.3 Å². The van der Waals surface area contributed by atoms with Crippen LogP contribution in [-0.2, 0) is 9.59 Å². The molecule has 3 nitrogen and oxygen atoms in total. The summed E-state index contributed by atoms with van der Waals surface area (Å²) < 4.78 is 0. The lowest BCUT2D eigenvalue weighted by atomic mass is 9.85. The van der Waals surface area contributed by atoms with E-state index in [0.717, 1.165) is 16.8 Å². The van der Waals surface area contributed by atoms with E-state index in [1.54, 1.807) is 0 Å². The predicted molar refractivity (Wildman–Crippen MR) is 83.2 cm³/mol. The summed E-state index contributed by atoms with van der Waals surface area (Å²) >= 11 is 0. The molecule has 2 saturated carbocycles. The van der Waals surface area contributed by atoms with Crippen molar-refractivity contribution in [2.75, 3.05) is 4.90 Å². The number of hydrogen-bond donors (Lipinski definition) is 0. The van der Waals surface area contributed by atoms with Gasteiger partial charge in [0.2, 0.25) is 11.8 Å². The maximum absolute atomic E-state index is 13.0. The van der Waals surface area contributed by atoms with Crippen LogP contribution in [0, 0.1) is 42.9 Å². The lowest BCUT2D eigenvalue weighted by molar-refractivity contribution is -0.123. The molecule has 1 aliphatic heterocycles. The zero-order valence-electron chi connectivity index (χ0n) is 12.9. The minimum Gasteiger partial charge on any atom is -0.274 e. The summed E-state index contributed by atoms with van der Waals surface area (Å²) in [5.41, 5.74) is 3.13. The first kappa shape index (κ1) is 12.6. The van der Waals surface area contributed by atoms with E-state index in [-0.39, 0.29) is 29.1 Å². The molecule has 0 radical (unpaired) electrons. The third kappa shape index (κ3) is 1.25. The summed E-state index contributed by atoms with van der Waals surface area (Å²) in [7, 11) is 0. The topological polar surface area (TPSA) is 37.4 Å². The second-order valence-corrected chi connectivity index (χ2v) is 7.52. The molecule has 22 heavy (non-hydrogen) atoms. The molecule has 4 atom stereocenters. The monoisotopic (exact) mass is 293 g/mol. The highest BCUT2D eigenvalue weighted by Crippen LogP contribution is 2.73. The van der Waals surface area contributed by atoms with Gasteiger partial charge < -0.3 is 0 Å². The number of anilines is 1. The van der Waals surface area contributed by atoms with Gasteiger partial charge in [-0.2, -0.15) is 0 Å². The molecule has 0 unspecified atom stereocenters. The number of fused-ring (bicyclic) bond motifs is 3. The number of rotatable bonds is 1. The fourth-order valence-corrected chi connectivity index (χ4v) is 5.28. The van der Waals surface area contributed by atoms with Gasteiger partial charge in [-0.05, 0) is 61.1 Å². The highest BCUT2D eigenvalue weighted by molar-refractivity contribution is 6.23. The van der Waals surface area contributed by atoms with Gasteiger partial charge in [-0.25, -0.2) is 4.90 Å². The lowest BCUT2D eigenvalue weighted by Gasteiger charge is -2.23. The Morgan fingerprint density at radius 1 is 1.00 bits per heavy atom. The van der Waals surface area contributed by atoms with Crippen LogP contribution in [0.1, 0.15) is 24.0 Å². The zero-order chi connectivity index (χ0) is 15.2. The van der Waals surface area contributed by atoms with Crippen molar-refractivity contribution in [2.45, 2.75) is 26.7 Å². The van der Waals surface area contributed by atoms with Crippen LogP contribution in [0.4, 0.5) is 5.69 Å². The van der Waals surface area contributed by atoms with Crippen LogP contribution in [0.2, 0.25) is 0 Å². The Kier molecular flexibility index (Phi) is 2.13. The molecule has 1 aromatic rings. The van der Waals surface area contributed by atoms with E-state index in [2.05, 4.69) is 12.2 Å². The van der Waals surface area contributed by atoms with Gasteiger partial charge in [-0.3, -0.25) is 9.59 Å². The smallest absolute Gasteiger partial charge is 0.238 e. The first-order chi connectivity index (χ1) is 10.5. The number of imide groups is 1. The molecule has 112 valence electrons. The molecule has 2 bridgehead atoms. The summed E-state index contributed by atoms with van der Waals surface area (Å²) in [6.07, 6.45) is 6.81. The third-order valence-electron chi connectivity index (χ3n) is 6.46. The number of carbonyl (C=O) groups excluding carboxylic acids is 2. The molecule has 3 heteroatoms. The first-order valence-corrected chi connectivity index (χ1v) is 8.18. The van der Waals surface area contributed by atoms with Gasteiger partial charge in [0.1, 0.15) is 0 Å². The average molecular weight is 293 g/mol. The molecular weight excluding hydrogens is 274 g/mol. The number of hydrogen-bond acceptors (Lipinski definition) is 2. The van der Waals surface area contributed by atoms with Crippen LogP contribution in [0.15, 0.2) is 30.4 Å². The quantitative estimate of drug-likeness (QED) is 0.589. The molecule has 1 heterocycles. The molecule has 0 N–H and O–H groups in total. The number of allylic oxidation sites excluding steroid dienone is 2. The van der Waals surface area contributed by atoms with Crippen molar-refractivity contribution in [1.29, 1.82) is 0 Å². The predicted octanol–water partition coefficient (Wildman–Crippen LogP) is 3.01.